The van der Waals surface area contributed by atoms with Gasteiger partial charge in [0.25, 0.3) is 0 Å². The number of nitrogens with zero attached hydrogens (tertiary/aromatic N) is 1. The first-order chi connectivity index (χ1) is 6.56. The number of hydrogen-bond donors (Lipinski definition) is 0. The second-order valence-corrected chi connectivity index (χ2v) is 3.06. The smallest absolute Gasteiger partial charge is 0.545 e. The van der Waals surface area contributed by atoms with Crippen molar-refractivity contribution in [3.63, 3.8) is 0 Å². The zero-order valence-corrected chi connectivity index (χ0v) is 11.4. The minimum atomic E-state index is -1.20. The molecule has 0 atom stereocenters. The van der Waals surface area contributed by atoms with Crippen LogP contribution in [0.15, 0.2) is 18.2 Å². The molecule has 0 heterocycles. The van der Waals surface area contributed by atoms with Gasteiger partial charge < -0.3 is 19.5 Å². The molecular formula is C10H12NNaO3. The van der Waals surface area contributed by atoms with E-state index in [1.165, 1.54) is 13.2 Å². The van der Waals surface area contributed by atoms with Crippen LogP contribution in [0.4, 0.5) is 5.69 Å². The average Bonchev–Trinajstić information content (AvgIpc) is 2.16. The molecule has 0 aliphatic carbocycles. The molecule has 0 aliphatic heterocycles. The fraction of sp³-hybridized carbons (Fsp3) is 0.300. The van der Waals surface area contributed by atoms with E-state index in [0.29, 0.717) is 11.4 Å². The summed E-state index contributed by atoms with van der Waals surface area (Å²) in [5.41, 5.74) is 0.736. The molecule has 1 rings (SSSR count). The van der Waals surface area contributed by atoms with Crippen LogP contribution >= 0.6 is 0 Å². The van der Waals surface area contributed by atoms with Gasteiger partial charge in [-0.05, 0) is 18.2 Å². The Labute approximate surface area is 111 Å². The molecule has 5 heteroatoms. The summed E-state index contributed by atoms with van der Waals surface area (Å²) in [6, 6.07) is 4.84. The Balaban J connectivity index is 0.00000196. The van der Waals surface area contributed by atoms with E-state index < -0.39 is 5.97 Å². The molecule has 0 N–H and O–H groups in total. The fourth-order valence-electron chi connectivity index (χ4n) is 1.20. The molecule has 0 aliphatic rings. The first-order valence-corrected chi connectivity index (χ1v) is 4.13. The number of ether oxygens (including phenoxy) is 1. The largest absolute Gasteiger partial charge is 1.00 e. The molecule has 0 bridgehead atoms. The minimum Gasteiger partial charge on any atom is -0.545 e. The number of carboxylic acid groups (broad SMARTS) is 1. The molecule has 4 nitrogen and oxygen atoms in total. The summed E-state index contributed by atoms with van der Waals surface area (Å²) in [5.74, 6) is -0.692. The zero-order chi connectivity index (χ0) is 10.7. The molecule has 0 spiro atoms. The summed E-state index contributed by atoms with van der Waals surface area (Å²) in [5, 5.41) is 10.8. The van der Waals surface area contributed by atoms with Gasteiger partial charge in [-0.3, -0.25) is 0 Å². The predicted molar refractivity (Wildman–Crippen MR) is 51.7 cm³/mol. The van der Waals surface area contributed by atoms with E-state index in [1.54, 1.807) is 31.1 Å². The van der Waals surface area contributed by atoms with Crippen molar-refractivity contribution >= 4 is 11.7 Å². The van der Waals surface area contributed by atoms with E-state index in [1.807, 2.05) is 0 Å². The van der Waals surface area contributed by atoms with Gasteiger partial charge in [0, 0.05) is 25.3 Å². The van der Waals surface area contributed by atoms with Crippen molar-refractivity contribution < 1.29 is 44.2 Å². The van der Waals surface area contributed by atoms with Crippen molar-refractivity contribution in [3.8, 4) is 5.75 Å². The van der Waals surface area contributed by atoms with Crippen molar-refractivity contribution in [1.82, 2.24) is 0 Å². The van der Waals surface area contributed by atoms with Crippen LogP contribution in [0.5, 0.6) is 5.75 Å². The van der Waals surface area contributed by atoms with Gasteiger partial charge in [-0.15, -0.1) is 0 Å². The van der Waals surface area contributed by atoms with Gasteiger partial charge in [-0.2, -0.15) is 0 Å². The minimum absolute atomic E-state index is 0. The topological polar surface area (TPSA) is 52.6 Å². The molecule has 0 saturated carbocycles. The fourth-order valence-corrected chi connectivity index (χ4v) is 1.20. The third-order valence-corrected chi connectivity index (χ3v) is 1.91. The van der Waals surface area contributed by atoms with Gasteiger partial charge in [0.05, 0.1) is 13.1 Å². The molecule has 0 saturated heterocycles. The van der Waals surface area contributed by atoms with Crippen molar-refractivity contribution in [1.29, 1.82) is 0 Å². The van der Waals surface area contributed by atoms with Gasteiger partial charge in [-0.1, -0.05) is 0 Å². The Morgan fingerprint density at radius 3 is 2.40 bits per heavy atom. The molecule has 0 fully saturated rings. The number of carboxylic acids is 1. The Bertz CT molecular complexity index is 353. The normalized spacial score (nSPS) is 9.00. The molecule has 76 valence electrons. The summed E-state index contributed by atoms with van der Waals surface area (Å²) >= 11 is 0. The van der Waals surface area contributed by atoms with Gasteiger partial charge in [-0.25, -0.2) is 0 Å². The van der Waals surface area contributed by atoms with E-state index in [9.17, 15) is 9.90 Å². The molecular weight excluding hydrogens is 205 g/mol. The van der Waals surface area contributed by atoms with Crippen LogP contribution < -0.4 is 44.3 Å². The van der Waals surface area contributed by atoms with Crippen LogP contribution in [-0.4, -0.2) is 27.2 Å². The number of anilines is 1. The van der Waals surface area contributed by atoms with Crippen molar-refractivity contribution in [3.05, 3.63) is 23.8 Å². The molecule has 0 amide bonds. The molecule has 15 heavy (non-hydrogen) atoms. The summed E-state index contributed by atoms with van der Waals surface area (Å²) in [6.07, 6.45) is 0. The number of carbonyl (C=O) groups is 1. The molecule has 1 aromatic rings. The van der Waals surface area contributed by atoms with Crippen LogP contribution in [0.1, 0.15) is 10.4 Å². The maximum absolute atomic E-state index is 10.8. The van der Waals surface area contributed by atoms with E-state index in [2.05, 4.69) is 0 Å². The molecule has 0 radical (unpaired) electrons. The summed E-state index contributed by atoms with van der Waals surface area (Å²) in [4.78, 5) is 12.5. The number of rotatable bonds is 3. The van der Waals surface area contributed by atoms with E-state index in [-0.39, 0.29) is 35.1 Å². The Morgan fingerprint density at radius 1 is 1.40 bits per heavy atom. The van der Waals surface area contributed by atoms with Gasteiger partial charge >= 0.3 is 29.6 Å². The number of aromatic carboxylic acids is 1. The standard InChI is InChI=1S/C10H13NO3.Na/c1-11(2)9-5-4-7(14-3)6-8(9)10(12)13;/h4-6H,1-3H3,(H,12,13);/q;+1/p-1. The van der Waals surface area contributed by atoms with Crippen molar-refractivity contribution in [2.24, 2.45) is 0 Å². The van der Waals surface area contributed by atoms with E-state index >= 15 is 0 Å². The number of methoxy groups -OCH3 is 1. The Morgan fingerprint density at radius 2 is 2.00 bits per heavy atom. The van der Waals surface area contributed by atoms with Crippen molar-refractivity contribution in [2.45, 2.75) is 0 Å². The van der Waals surface area contributed by atoms with Crippen LogP contribution in [0.25, 0.3) is 0 Å². The quantitative estimate of drug-likeness (QED) is 0.511. The van der Waals surface area contributed by atoms with Crippen molar-refractivity contribution in [2.75, 3.05) is 26.1 Å². The summed E-state index contributed by atoms with van der Waals surface area (Å²) in [6.45, 7) is 0. The van der Waals surface area contributed by atoms with Gasteiger partial charge in [0.1, 0.15) is 5.75 Å². The average molecular weight is 217 g/mol. The molecule has 0 aromatic heterocycles. The van der Waals surface area contributed by atoms with E-state index in [4.69, 9.17) is 4.74 Å². The van der Waals surface area contributed by atoms with E-state index in [0.717, 1.165) is 0 Å². The van der Waals surface area contributed by atoms with Crippen LogP contribution in [-0.2, 0) is 0 Å². The zero-order valence-electron chi connectivity index (χ0n) is 9.40. The third kappa shape index (κ3) is 3.41. The first-order valence-electron chi connectivity index (χ1n) is 4.13. The molecule has 0 unspecified atom stereocenters. The summed E-state index contributed by atoms with van der Waals surface area (Å²) < 4.78 is 4.93. The predicted octanol–water partition coefficient (Wildman–Crippen LogP) is -2.87. The number of hydrogen-bond acceptors (Lipinski definition) is 4. The maximum atomic E-state index is 10.8. The van der Waals surface area contributed by atoms with Gasteiger partial charge in [0.15, 0.2) is 0 Å². The Kier molecular flexibility index (Phi) is 5.72. The van der Waals surface area contributed by atoms with Crippen LogP contribution in [0.3, 0.4) is 0 Å². The number of carbonyl (C=O) groups excluding carboxylic acids is 1. The Hall–Kier alpha value is -0.710. The number of benzene rings is 1. The maximum Gasteiger partial charge on any atom is 1.00 e. The second kappa shape index (κ2) is 6.00. The first kappa shape index (κ1) is 14.3. The van der Waals surface area contributed by atoms with Crippen LogP contribution in [0.2, 0.25) is 0 Å². The van der Waals surface area contributed by atoms with Crippen LogP contribution in [0, 0.1) is 0 Å². The summed E-state index contributed by atoms with van der Waals surface area (Å²) in [7, 11) is 5.03. The monoisotopic (exact) mass is 217 g/mol. The molecule has 1 aromatic carbocycles. The van der Waals surface area contributed by atoms with Gasteiger partial charge in [0.2, 0.25) is 0 Å². The third-order valence-electron chi connectivity index (χ3n) is 1.91. The SMILES string of the molecule is COc1ccc(N(C)C)c(C(=O)[O-])c1.[Na+]. The second-order valence-electron chi connectivity index (χ2n) is 3.06.